The first-order chi connectivity index (χ1) is 12.0. The molecule has 0 aromatic carbocycles. The number of hydrazone groups is 1. The molecule has 3 rings (SSSR count). The topological polar surface area (TPSA) is 116 Å². The molecule has 0 unspecified atom stereocenters. The van der Waals surface area contributed by atoms with E-state index >= 15 is 0 Å². The van der Waals surface area contributed by atoms with Crippen LogP contribution in [0.2, 0.25) is 0 Å². The molecule has 3 heterocycles. The highest BCUT2D eigenvalue weighted by Gasteiger charge is 2.15. The first kappa shape index (κ1) is 16.3. The molecule has 1 amide bonds. The van der Waals surface area contributed by atoms with Crippen LogP contribution in [0.25, 0.3) is 11.2 Å². The lowest BCUT2D eigenvalue weighted by Gasteiger charge is -2.07. The highest BCUT2D eigenvalue weighted by molar-refractivity contribution is 5.82. The number of nitrogens with zero attached hydrogens (tertiary/aromatic N) is 6. The van der Waals surface area contributed by atoms with Crippen LogP contribution in [-0.4, -0.2) is 35.8 Å². The number of nitrogens with one attached hydrogen (secondary N) is 1. The molecule has 128 valence electrons. The second-order valence-corrected chi connectivity index (χ2v) is 5.33. The first-order valence-corrected chi connectivity index (χ1v) is 7.32. The molecule has 25 heavy (non-hydrogen) atoms. The number of hydrogen-bond acceptors (Lipinski definition) is 6. The molecule has 10 nitrogen and oxygen atoms in total. The largest absolute Gasteiger partial charge is 0.332 e. The Morgan fingerprint density at radius 3 is 2.84 bits per heavy atom. The van der Waals surface area contributed by atoms with Crippen LogP contribution >= 0.6 is 0 Å². The maximum absolute atomic E-state index is 12.1. The van der Waals surface area contributed by atoms with Crippen LogP contribution in [0.3, 0.4) is 0 Å². The summed E-state index contributed by atoms with van der Waals surface area (Å²) in [5, 5.41) is 3.84. The Balaban J connectivity index is 1.82. The third kappa shape index (κ3) is 3.09. The van der Waals surface area contributed by atoms with Gasteiger partial charge in [0.25, 0.3) is 11.5 Å². The van der Waals surface area contributed by atoms with E-state index in [0.29, 0.717) is 0 Å². The summed E-state index contributed by atoms with van der Waals surface area (Å²) >= 11 is 0. The van der Waals surface area contributed by atoms with E-state index in [9.17, 15) is 14.4 Å². The van der Waals surface area contributed by atoms with Crippen molar-refractivity contribution in [3.05, 3.63) is 57.3 Å². The number of pyridine rings is 1. The minimum Gasteiger partial charge on any atom is -0.307 e. The van der Waals surface area contributed by atoms with Gasteiger partial charge in [-0.3, -0.25) is 23.7 Å². The van der Waals surface area contributed by atoms with E-state index in [1.165, 1.54) is 35.8 Å². The Kier molecular flexibility index (Phi) is 4.25. The summed E-state index contributed by atoms with van der Waals surface area (Å²) in [6.45, 7) is -0.138. The van der Waals surface area contributed by atoms with Gasteiger partial charge in [-0.25, -0.2) is 15.2 Å². The van der Waals surface area contributed by atoms with Crippen LogP contribution < -0.4 is 16.7 Å². The second-order valence-electron chi connectivity index (χ2n) is 5.33. The average molecular weight is 341 g/mol. The Labute approximate surface area is 141 Å². The van der Waals surface area contributed by atoms with Crippen molar-refractivity contribution in [3.63, 3.8) is 0 Å². The smallest absolute Gasteiger partial charge is 0.307 e. The van der Waals surface area contributed by atoms with Gasteiger partial charge in [0.05, 0.1) is 12.5 Å². The Morgan fingerprint density at radius 1 is 1.32 bits per heavy atom. The molecule has 3 aromatic rings. The zero-order valence-electron chi connectivity index (χ0n) is 13.6. The summed E-state index contributed by atoms with van der Waals surface area (Å²) < 4.78 is 3.67. The van der Waals surface area contributed by atoms with E-state index in [-0.39, 0.29) is 17.7 Å². The summed E-state index contributed by atoms with van der Waals surface area (Å²) in [6.07, 6.45) is 6.04. The molecule has 0 fully saturated rings. The van der Waals surface area contributed by atoms with Gasteiger partial charge in [-0.1, -0.05) is 6.07 Å². The Bertz CT molecular complexity index is 1080. The van der Waals surface area contributed by atoms with Crippen molar-refractivity contribution in [1.29, 1.82) is 0 Å². The maximum atomic E-state index is 12.1. The lowest BCUT2D eigenvalue weighted by atomic mass is 10.3. The van der Waals surface area contributed by atoms with Gasteiger partial charge >= 0.3 is 5.69 Å². The fourth-order valence-corrected chi connectivity index (χ4v) is 2.38. The molecular weight excluding hydrogens is 326 g/mol. The number of aryl methyl sites for hydroxylation is 1. The Morgan fingerprint density at radius 2 is 2.12 bits per heavy atom. The fraction of sp³-hybridized carbons (Fsp3) is 0.200. The number of fused-ring (bicyclic) bond motifs is 1. The van der Waals surface area contributed by atoms with Crippen molar-refractivity contribution in [2.24, 2.45) is 19.2 Å². The number of carbonyl (C=O) groups excluding carboxylic acids is 1. The Hall–Kier alpha value is -3.56. The molecule has 0 atom stereocenters. The second kappa shape index (κ2) is 6.51. The predicted molar refractivity (Wildman–Crippen MR) is 90.2 cm³/mol. The first-order valence-electron chi connectivity index (χ1n) is 7.32. The van der Waals surface area contributed by atoms with Gasteiger partial charge in [0.1, 0.15) is 12.2 Å². The zero-order valence-corrected chi connectivity index (χ0v) is 13.6. The third-order valence-electron chi connectivity index (χ3n) is 3.61. The van der Waals surface area contributed by atoms with Crippen LogP contribution in [0.1, 0.15) is 5.56 Å². The maximum Gasteiger partial charge on any atom is 0.332 e. The molecule has 0 spiro atoms. The minimum atomic E-state index is -0.508. The lowest BCUT2D eigenvalue weighted by molar-refractivity contribution is -0.121. The predicted octanol–water partition coefficient (Wildman–Crippen LogP) is -1.02. The van der Waals surface area contributed by atoms with Crippen molar-refractivity contribution in [3.8, 4) is 0 Å². The highest BCUT2D eigenvalue weighted by Crippen LogP contribution is 2.05. The average Bonchev–Trinajstić information content (AvgIpc) is 3.02. The normalized spacial score (nSPS) is 11.3. The van der Waals surface area contributed by atoms with Gasteiger partial charge < -0.3 is 4.57 Å². The van der Waals surface area contributed by atoms with Gasteiger partial charge in [0.2, 0.25) is 0 Å². The van der Waals surface area contributed by atoms with Gasteiger partial charge in [0, 0.05) is 32.1 Å². The van der Waals surface area contributed by atoms with E-state index in [2.05, 4.69) is 20.5 Å². The van der Waals surface area contributed by atoms with E-state index < -0.39 is 17.2 Å². The summed E-state index contributed by atoms with van der Waals surface area (Å²) in [4.78, 5) is 44.1. The molecule has 10 heteroatoms. The number of amides is 1. The van der Waals surface area contributed by atoms with Gasteiger partial charge in [-0.05, 0) is 6.07 Å². The summed E-state index contributed by atoms with van der Waals surface area (Å²) in [6, 6.07) is 3.54. The number of carbonyl (C=O) groups is 1. The van der Waals surface area contributed by atoms with Crippen LogP contribution in [-0.2, 0) is 25.4 Å². The number of imidazole rings is 1. The number of hydrogen-bond donors (Lipinski definition) is 1. The van der Waals surface area contributed by atoms with Crippen molar-refractivity contribution in [2.75, 3.05) is 0 Å². The molecule has 0 radical (unpaired) electrons. The van der Waals surface area contributed by atoms with Crippen molar-refractivity contribution >= 4 is 23.3 Å². The van der Waals surface area contributed by atoms with E-state index in [0.717, 1.165) is 10.1 Å². The molecule has 3 aromatic heterocycles. The van der Waals surface area contributed by atoms with E-state index in [1.54, 1.807) is 24.5 Å². The van der Waals surface area contributed by atoms with Crippen molar-refractivity contribution in [2.45, 2.75) is 6.54 Å². The van der Waals surface area contributed by atoms with E-state index in [1.807, 2.05) is 0 Å². The fourth-order valence-electron chi connectivity index (χ4n) is 2.38. The third-order valence-corrected chi connectivity index (χ3v) is 3.61. The lowest BCUT2D eigenvalue weighted by Crippen LogP contribution is -2.37. The molecule has 0 saturated carbocycles. The summed E-state index contributed by atoms with van der Waals surface area (Å²) in [5.41, 5.74) is 2.52. The van der Waals surface area contributed by atoms with Crippen LogP contribution in [0.4, 0.5) is 0 Å². The molecule has 0 aliphatic heterocycles. The molecule has 0 saturated heterocycles. The standard InChI is InChI=1S/C15H15N7O3/c1-20-13-12(14(24)21(2)15(20)25)17-9-22(13)8-11(23)19-18-7-10-4-3-5-16-6-10/h3-7,9H,8H2,1-2H3,(H,19,23)/b18-7+. The molecule has 0 aliphatic rings. The number of aromatic nitrogens is 5. The summed E-state index contributed by atoms with van der Waals surface area (Å²) in [7, 11) is 2.89. The molecule has 1 N–H and O–H groups in total. The van der Waals surface area contributed by atoms with Crippen LogP contribution in [0.5, 0.6) is 0 Å². The quantitative estimate of drug-likeness (QED) is 0.481. The van der Waals surface area contributed by atoms with Crippen molar-refractivity contribution in [1.82, 2.24) is 29.1 Å². The molecule has 0 aliphatic carbocycles. The summed E-state index contributed by atoms with van der Waals surface area (Å²) in [5.74, 6) is -0.424. The van der Waals surface area contributed by atoms with Crippen molar-refractivity contribution < 1.29 is 4.79 Å². The van der Waals surface area contributed by atoms with Crippen LogP contribution in [0.15, 0.2) is 45.5 Å². The minimum absolute atomic E-state index is 0.122. The van der Waals surface area contributed by atoms with Gasteiger partial charge in [-0.2, -0.15) is 5.10 Å². The highest BCUT2D eigenvalue weighted by atomic mass is 16.2. The van der Waals surface area contributed by atoms with Crippen LogP contribution in [0, 0.1) is 0 Å². The monoisotopic (exact) mass is 341 g/mol. The number of rotatable bonds is 4. The van der Waals surface area contributed by atoms with Gasteiger partial charge in [0.15, 0.2) is 5.52 Å². The molecule has 0 bridgehead atoms. The van der Waals surface area contributed by atoms with E-state index in [4.69, 9.17) is 0 Å². The van der Waals surface area contributed by atoms with Gasteiger partial charge in [-0.15, -0.1) is 0 Å². The SMILES string of the molecule is Cn1c(=O)c2ncn(CC(=O)N/N=C/c3cccnc3)c2n(C)c1=O. The molecular formula is C15H15N7O3. The zero-order chi connectivity index (χ0) is 18.0.